The van der Waals surface area contributed by atoms with Gasteiger partial charge in [0.2, 0.25) is 0 Å². The highest BCUT2D eigenvalue weighted by molar-refractivity contribution is 4.81. The summed E-state index contributed by atoms with van der Waals surface area (Å²) >= 11 is 0. The predicted octanol–water partition coefficient (Wildman–Crippen LogP) is 5.90. The second-order valence-electron chi connectivity index (χ2n) is 7.31. The maximum Gasteiger partial charge on any atom is 0.0624 e. The minimum Gasteiger partial charge on any atom is -0.378 e. The van der Waals surface area contributed by atoms with E-state index >= 15 is 0 Å². The van der Waals surface area contributed by atoms with Gasteiger partial charge in [0.25, 0.3) is 0 Å². The Bertz CT molecular complexity index is 221. The first-order valence-corrected chi connectivity index (χ1v) is 10.6. The second kappa shape index (κ2) is 15.2. The van der Waals surface area contributed by atoms with E-state index in [1.807, 2.05) is 0 Å². The third kappa shape index (κ3) is 10.7. The summed E-state index contributed by atoms with van der Waals surface area (Å²) in [6, 6.07) is 0. The summed E-state index contributed by atoms with van der Waals surface area (Å²) in [6.07, 6.45) is 15.2. The Kier molecular flexibility index (Phi) is 13.8. The van der Waals surface area contributed by atoms with Gasteiger partial charge in [-0.1, -0.05) is 59.3 Å². The van der Waals surface area contributed by atoms with Gasteiger partial charge < -0.3 is 14.2 Å². The summed E-state index contributed by atoms with van der Waals surface area (Å²) in [7, 11) is 0. The van der Waals surface area contributed by atoms with Crippen molar-refractivity contribution in [2.45, 2.75) is 116 Å². The van der Waals surface area contributed by atoms with Crippen LogP contribution in [0.5, 0.6) is 0 Å². The minimum atomic E-state index is 0.322. The second-order valence-corrected chi connectivity index (χ2v) is 7.31. The van der Waals surface area contributed by atoms with E-state index in [-0.39, 0.29) is 0 Å². The van der Waals surface area contributed by atoms with Crippen LogP contribution in [0, 0.1) is 0 Å². The van der Waals surface area contributed by atoms with Gasteiger partial charge in [0.1, 0.15) is 0 Å². The summed E-state index contributed by atoms with van der Waals surface area (Å²) in [5, 5.41) is 0. The van der Waals surface area contributed by atoms with Gasteiger partial charge in [-0.15, -0.1) is 0 Å². The van der Waals surface area contributed by atoms with E-state index in [4.69, 9.17) is 14.2 Å². The van der Waals surface area contributed by atoms with E-state index in [1.54, 1.807) is 0 Å². The van der Waals surface area contributed by atoms with Gasteiger partial charge in [-0.05, 0) is 38.5 Å². The highest BCUT2D eigenvalue weighted by atomic mass is 16.5. The summed E-state index contributed by atoms with van der Waals surface area (Å²) < 4.78 is 18.4. The van der Waals surface area contributed by atoms with E-state index in [1.165, 1.54) is 57.8 Å². The maximum atomic E-state index is 6.14. The van der Waals surface area contributed by atoms with Crippen LogP contribution in [0.25, 0.3) is 0 Å². The zero-order valence-corrected chi connectivity index (χ0v) is 16.6. The average molecular weight is 343 g/mol. The summed E-state index contributed by atoms with van der Waals surface area (Å²) in [6.45, 7) is 9.39. The lowest BCUT2D eigenvalue weighted by Gasteiger charge is -2.35. The highest BCUT2D eigenvalue weighted by Gasteiger charge is 2.30. The van der Waals surface area contributed by atoms with Crippen molar-refractivity contribution in [1.82, 2.24) is 0 Å². The van der Waals surface area contributed by atoms with Gasteiger partial charge in [0.05, 0.1) is 18.3 Å². The molecule has 1 aliphatic carbocycles. The van der Waals surface area contributed by atoms with E-state index in [9.17, 15) is 0 Å². The van der Waals surface area contributed by atoms with Crippen molar-refractivity contribution in [1.29, 1.82) is 0 Å². The van der Waals surface area contributed by atoms with Crippen LogP contribution in [0.15, 0.2) is 0 Å². The summed E-state index contributed by atoms with van der Waals surface area (Å²) in [5.41, 5.74) is 0. The molecule has 0 heterocycles. The van der Waals surface area contributed by atoms with Gasteiger partial charge in [0.15, 0.2) is 0 Å². The quantitative estimate of drug-likeness (QED) is 0.347. The van der Waals surface area contributed by atoms with Gasteiger partial charge in [-0.2, -0.15) is 0 Å². The van der Waals surface area contributed by atoms with E-state index < -0.39 is 0 Å². The Morgan fingerprint density at radius 2 is 0.792 bits per heavy atom. The molecule has 0 unspecified atom stereocenters. The molecule has 0 bridgehead atoms. The van der Waals surface area contributed by atoms with Crippen molar-refractivity contribution < 1.29 is 14.2 Å². The molecule has 0 aromatic heterocycles. The molecule has 0 radical (unpaired) electrons. The fraction of sp³-hybridized carbons (Fsp3) is 1.00. The number of hydrogen-bond donors (Lipinski definition) is 0. The average Bonchev–Trinajstić information content (AvgIpc) is 2.59. The zero-order valence-electron chi connectivity index (χ0n) is 16.6. The topological polar surface area (TPSA) is 27.7 Å². The molecule has 0 aliphatic heterocycles. The van der Waals surface area contributed by atoms with Crippen LogP contribution in [-0.2, 0) is 14.2 Å². The van der Waals surface area contributed by atoms with Gasteiger partial charge >= 0.3 is 0 Å². The molecule has 3 heteroatoms. The molecule has 0 aromatic carbocycles. The molecule has 1 aliphatic rings. The predicted molar refractivity (Wildman–Crippen MR) is 102 cm³/mol. The molecular weight excluding hydrogens is 300 g/mol. The molecule has 0 N–H and O–H groups in total. The molecule has 0 spiro atoms. The first-order chi connectivity index (χ1) is 11.8. The van der Waals surface area contributed by atoms with Gasteiger partial charge in [-0.25, -0.2) is 0 Å². The van der Waals surface area contributed by atoms with Crippen LogP contribution in [0.2, 0.25) is 0 Å². The van der Waals surface area contributed by atoms with E-state index in [0.29, 0.717) is 18.3 Å². The number of hydrogen-bond acceptors (Lipinski definition) is 3. The Labute approximate surface area is 150 Å². The SMILES string of the molecule is CCCCCOC1CC(OCCCCC)CC(OCCCCC)C1. The van der Waals surface area contributed by atoms with Crippen LogP contribution in [-0.4, -0.2) is 38.1 Å². The number of ether oxygens (including phenoxy) is 3. The van der Waals surface area contributed by atoms with E-state index in [2.05, 4.69) is 20.8 Å². The van der Waals surface area contributed by atoms with Crippen LogP contribution in [0.1, 0.15) is 97.8 Å². The zero-order chi connectivity index (χ0) is 17.5. The molecule has 0 aromatic rings. The summed E-state index contributed by atoms with van der Waals surface area (Å²) in [5.74, 6) is 0. The molecule has 0 amide bonds. The molecule has 3 nitrogen and oxygen atoms in total. The first-order valence-electron chi connectivity index (χ1n) is 10.6. The Morgan fingerprint density at radius 3 is 1.04 bits per heavy atom. The van der Waals surface area contributed by atoms with Crippen molar-refractivity contribution in [3.63, 3.8) is 0 Å². The molecular formula is C21H42O3. The molecule has 1 saturated carbocycles. The largest absolute Gasteiger partial charge is 0.378 e. The summed E-state index contributed by atoms with van der Waals surface area (Å²) in [4.78, 5) is 0. The third-order valence-electron chi connectivity index (χ3n) is 4.88. The maximum absolute atomic E-state index is 6.14. The Morgan fingerprint density at radius 1 is 0.500 bits per heavy atom. The fourth-order valence-electron chi connectivity index (χ4n) is 3.38. The van der Waals surface area contributed by atoms with Crippen molar-refractivity contribution in [3.8, 4) is 0 Å². The van der Waals surface area contributed by atoms with Crippen molar-refractivity contribution >= 4 is 0 Å². The molecule has 0 atom stereocenters. The fourth-order valence-corrected chi connectivity index (χ4v) is 3.38. The van der Waals surface area contributed by atoms with Crippen molar-refractivity contribution in [3.05, 3.63) is 0 Å². The lowest BCUT2D eigenvalue weighted by Crippen LogP contribution is -2.37. The van der Waals surface area contributed by atoms with E-state index in [0.717, 1.165) is 39.1 Å². The van der Waals surface area contributed by atoms with Gasteiger partial charge in [0, 0.05) is 19.8 Å². The number of unbranched alkanes of at least 4 members (excludes halogenated alkanes) is 6. The van der Waals surface area contributed by atoms with Crippen molar-refractivity contribution in [2.75, 3.05) is 19.8 Å². The van der Waals surface area contributed by atoms with Crippen LogP contribution in [0.4, 0.5) is 0 Å². The van der Waals surface area contributed by atoms with Crippen LogP contribution in [0.3, 0.4) is 0 Å². The van der Waals surface area contributed by atoms with Crippen LogP contribution >= 0.6 is 0 Å². The van der Waals surface area contributed by atoms with Crippen molar-refractivity contribution in [2.24, 2.45) is 0 Å². The standard InChI is InChI=1S/C21H42O3/c1-4-7-10-13-22-19-16-20(23-14-11-8-5-2)18-21(17-19)24-15-12-9-6-3/h19-21H,4-18H2,1-3H3. The smallest absolute Gasteiger partial charge is 0.0624 e. The molecule has 0 saturated heterocycles. The van der Waals surface area contributed by atoms with Crippen LogP contribution < -0.4 is 0 Å². The Hall–Kier alpha value is -0.120. The lowest BCUT2D eigenvalue weighted by molar-refractivity contribution is -0.102. The normalized spacial score (nSPS) is 24.4. The molecule has 1 rings (SSSR count). The lowest BCUT2D eigenvalue weighted by atomic mass is 9.92. The van der Waals surface area contributed by atoms with Gasteiger partial charge in [-0.3, -0.25) is 0 Å². The molecule has 144 valence electrons. The monoisotopic (exact) mass is 342 g/mol. The minimum absolute atomic E-state index is 0.322. The molecule has 24 heavy (non-hydrogen) atoms. The number of rotatable bonds is 15. The Balaban J connectivity index is 2.33. The first kappa shape index (κ1) is 21.9. The highest BCUT2D eigenvalue weighted by Crippen LogP contribution is 2.27. The molecule has 1 fully saturated rings. The third-order valence-corrected chi connectivity index (χ3v) is 4.88.